The lowest BCUT2D eigenvalue weighted by atomic mass is 10.2. The molecule has 2 N–H and O–H groups in total. The van der Waals surface area contributed by atoms with Crippen molar-refractivity contribution < 1.29 is 27.4 Å². The Morgan fingerprint density at radius 3 is 2.85 bits per heavy atom. The van der Waals surface area contributed by atoms with Gasteiger partial charge in [-0.1, -0.05) is 0 Å². The minimum Gasteiger partial charge on any atom is -0.478 e. The molecule has 1 heterocycles. The molecule has 1 aliphatic rings. The third kappa shape index (κ3) is 3.33. The number of hydrogen-bond acceptors (Lipinski definition) is 4. The number of carboxylic acids is 1. The van der Waals surface area contributed by atoms with Gasteiger partial charge in [-0.2, -0.15) is 0 Å². The second kappa shape index (κ2) is 5.86. The molecule has 110 valence electrons. The Morgan fingerprint density at radius 2 is 2.25 bits per heavy atom. The molecule has 0 radical (unpaired) electrons. The smallest absolute Gasteiger partial charge is 0.335 e. The Labute approximate surface area is 115 Å². The number of hydrogen-bond donors (Lipinski definition) is 2. The van der Waals surface area contributed by atoms with Gasteiger partial charge in [-0.05, 0) is 31.0 Å². The predicted octanol–water partition coefficient (Wildman–Crippen LogP) is 0.981. The van der Waals surface area contributed by atoms with Crippen molar-refractivity contribution in [2.24, 2.45) is 0 Å². The number of sulfonamides is 1. The summed E-state index contributed by atoms with van der Waals surface area (Å²) >= 11 is 0. The molecular weight excluding hydrogens is 289 g/mol. The van der Waals surface area contributed by atoms with Crippen LogP contribution in [0.15, 0.2) is 23.1 Å². The summed E-state index contributed by atoms with van der Waals surface area (Å²) in [5.41, 5.74) is -0.288. The Kier molecular flexibility index (Phi) is 4.36. The van der Waals surface area contributed by atoms with E-state index in [1.54, 1.807) is 0 Å². The highest BCUT2D eigenvalue weighted by molar-refractivity contribution is 7.89. The van der Waals surface area contributed by atoms with Crippen LogP contribution < -0.4 is 4.72 Å². The summed E-state index contributed by atoms with van der Waals surface area (Å²) in [6.07, 6.45) is 1.37. The summed E-state index contributed by atoms with van der Waals surface area (Å²) in [5.74, 6) is -2.31. The largest absolute Gasteiger partial charge is 0.478 e. The maximum absolute atomic E-state index is 13.6. The van der Waals surface area contributed by atoms with Crippen LogP contribution in [0.25, 0.3) is 0 Å². The van der Waals surface area contributed by atoms with Gasteiger partial charge in [0.2, 0.25) is 10.0 Å². The Bertz CT molecular complexity index is 610. The van der Waals surface area contributed by atoms with E-state index in [1.165, 1.54) is 0 Å². The number of aromatic carboxylic acids is 1. The molecule has 20 heavy (non-hydrogen) atoms. The van der Waals surface area contributed by atoms with Crippen LogP contribution in [0.5, 0.6) is 0 Å². The van der Waals surface area contributed by atoms with Gasteiger partial charge in [-0.15, -0.1) is 0 Å². The minimum atomic E-state index is -4.10. The molecular formula is C12H14FNO5S. The zero-order valence-electron chi connectivity index (χ0n) is 10.5. The van der Waals surface area contributed by atoms with Crippen LogP contribution in [-0.4, -0.2) is 38.7 Å². The number of ether oxygens (including phenoxy) is 1. The van der Waals surface area contributed by atoms with Crippen LogP contribution in [0.4, 0.5) is 4.39 Å². The van der Waals surface area contributed by atoms with Gasteiger partial charge in [0.1, 0.15) is 10.7 Å². The third-order valence-electron chi connectivity index (χ3n) is 2.99. The molecule has 0 unspecified atom stereocenters. The zero-order chi connectivity index (χ0) is 14.8. The standard InChI is InChI=1S/C12H14FNO5S/c13-10-4-3-8(12(15)16)6-11(10)20(17,18)14-7-9-2-1-5-19-9/h3-4,6,9,14H,1-2,5,7H2,(H,15,16)/t9-/m0/s1. The number of rotatable bonds is 5. The lowest BCUT2D eigenvalue weighted by Crippen LogP contribution is -2.32. The van der Waals surface area contributed by atoms with Crippen molar-refractivity contribution >= 4 is 16.0 Å². The van der Waals surface area contributed by atoms with E-state index in [0.29, 0.717) is 6.61 Å². The van der Waals surface area contributed by atoms with E-state index < -0.39 is 26.7 Å². The summed E-state index contributed by atoms with van der Waals surface area (Å²) in [6, 6.07) is 2.64. The Hall–Kier alpha value is -1.51. The molecule has 1 aromatic rings. The van der Waals surface area contributed by atoms with Crippen molar-refractivity contribution in [2.75, 3.05) is 13.2 Å². The number of carbonyl (C=O) groups is 1. The van der Waals surface area contributed by atoms with E-state index in [1.807, 2.05) is 0 Å². The molecule has 0 spiro atoms. The average Bonchev–Trinajstić information content (AvgIpc) is 2.89. The maximum atomic E-state index is 13.6. The van der Waals surface area contributed by atoms with Crippen LogP contribution in [0.2, 0.25) is 0 Å². The van der Waals surface area contributed by atoms with E-state index in [2.05, 4.69) is 4.72 Å². The fourth-order valence-corrected chi connectivity index (χ4v) is 3.10. The highest BCUT2D eigenvalue weighted by atomic mass is 32.2. The predicted molar refractivity (Wildman–Crippen MR) is 67.5 cm³/mol. The number of benzene rings is 1. The fraction of sp³-hybridized carbons (Fsp3) is 0.417. The first-order chi connectivity index (χ1) is 9.40. The Balaban J connectivity index is 2.19. The summed E-state index contributed by atoms with van der Waals surface area (Å²) in [6.45, 7) is 0.619. The summed E-state index contributed by atoms with van der Waals surface area (Å²) in [7, 11) is -4.10. The van der Waals surface area contributed by atoms with Crippen molar-refractivity contribution in [2.45, 2.75) is 23.8 Å². The molecule has 0 aromatic heterocycles. The molecule has 6 nitrogen and oxygen atoms in total. The van der Waals surface area contributed by atoms with Crippen molar-refractivity contribution in [3.05, 3.63) is 29.6 Å². The minimum absolute atomic E-state index is 0.0407. The normalized spacial score (nSPS) is 19.1. The first kappa shape index (κ1) is 14.9. The quantitative estimate of drug-likeness (QED) is 0.846. The monoisotopic (exact) mass is 303 g/mol. The van der Waals surface area contributed by atoms with Crippen molar-refractivity contribution in [3.63, 3.8) is 0 Å². The topological polar surface area (TPSA) is 92.7 Å². The van der Waals surface area contributed by atoms with Gasteiger partial charge < -0.3 is 9.84 Å². The molecule has 1 aromatic carbocycles. The summed E-state index contributed by atoms with van der Waals surface area (Å²) < 4.78 is 45.1. The lowest BCUT2D eigenvalue weighted by Gasteiger charge is -2.12. The second-order valence-electron chi connectivity index (χ2n) is 4.44. The van der Waals surface area contributed by atoms with Crippen molar-refractivity contribution in [1.82, 2.24) is 4.72 Å². The molecule has 0 saturated carbocycles. The van der Waals surface area contributed by atoms with Crippen LogP contribution in [0.1, 0.15) is 23.2 Å². The summed E-state index contributed by atoms with van der Waals surface area (Å²) in [5, 5.41) is 8.81. The molecule has 0 aliphatic carbocycles. The molecule has 1 saturated heterocycles. The van der Waals surface area contributed by atoms with Gasteiger partial charge in [0.05, 0.1) is 11.7 Å². The van der Waals surface area contributed by atoms with Crippen LogP contribution >= 0.6 is 0 Å². The van der Waals surface area contributed by atoms with E-state index in [0.717, 1.165) is 31.0 Å². The van der Waals surface area contributed by atoms with Gasteiger partial charge in [0.15, 0.2) is 0 Å². The number of halogens is 1. The molecule has 1 fully saturated rings. The van der Waals surface area contributed by atoms with Crippen molar-refractivity contribution in [3.8, 4) is 0 Å². The second-order valence-corrected chi connectivity index (χ2v) is 6.17. The van der Waals surface area contributed by atoms with E-state index in [4.69, 9.17) is 9.84 Å². The Morgan fingerprint density at radius 1 is 1.50 bits per heavy atom. The fourth-order valence-electron chi connectivity index (χ4n) is 1.93. The average molecular weight is 303 g/mol. The highest BCUT2D eigenvalue weighted by Gasteiger charge is 2.23. The molecule has 0 amide bonds. The van der Waals surface area contributed by atoms with Gasteiger partial charge in [-0.3, -0.25) is 0 Å². The number of nitrogens with one attached hydrogen (secondary N) is 1. The van der Waals surface area contributed by atoms with Crippen LogP contribution in [0.3, 0.4) is 0 Å². The van der Waals surface area contributed by atoms with E-state index >= 15 is 0 Å². The molecule has 2 rings (SSSR count). The van der Waals surface area contributed by atoms with Crippen LogP contribution in [0, 0.1) is 5.82 Å². The molecule has 0 bridgehead atoms. The summed E-state index contributed by atoms with van der Waals surface area (Å²) in [4.78, 5) is 10.1. The highest BCUT2D eigenvalue weighted by Crippen LogP contribution is 2.17. The molecule has 1 atom stereocenters. The molecule has 1 aliphatic heterocycles. The van der Waals surface area contributed by atoms with Gasteiger partial charge in [-0.25, -0.2) is 22.3 Å². The first-order valence-electron chi connectivity index (χ1n) is 6.04. The van der Waals surface area contributed by atoms with Gasteiger partial charge in [0.25, 0.3) is 0 Å². The van der Waals surface area contributed by atoms with Gasteiger partial charge >= 0.3 is 5.97 Å². The third-order valence-corrected chi connectivity index (χ3v) is 4.43. The molecule has 8 heteroatoms. The van der Waals surface area contributed by atoms with Gasteiger partial charge in [0, 0.05) is 13.2 Å². The van der Waals surface area contributed by atoms with Crippen molar-refractivity contribution in [1.29, 1.82) is 0 Å². The van der Waals surface area contributed by atoms with E-state index in [-0.39, 0.29) is 18.2 Å². The van der Waals surface area contributed by atoms with E-state index in [9.17, 15) is 17.6 Å². The first-order valence-corrected chi connectivity index (χ1v) is 7.52. The van der Waals surface area contributed by atoms with Crippen LogP contribution in [-0.2, 0) is 14.8 Å². The zero-order valence-corrected chi connectivity index (χ0v) is 11.3. The maximum Gasteiger partial charge on any atom is 0.335 e. The lowest BCUT2D eigenvalue weighted by molar-refractivity contribution is 0.0696. The number of carboxylic acid groups (broad SMARTS) is 1. The SMILES string of the molecule is O=C(O)c1ccc(F)c(S(=O)(=O)NC[C@@H]2CCCO2)c1.